The van der Waals surface area contributed by atoms with Crippen LogP contribution in [0.2, 0.25) is 0 Å². The smallest absolute Gasteiger partial charge is 0.170 e. The molecule has 0 bridgehead atoms. The van der Waals surface area contributed by atoms with Crippen molar-refractivity contribution < 1.29 is 9.59 Å². The molecule has 0 aliphatic heterocycles. The molecule has 0 amide bonds. The molecule has 2 nitrogen and oxygen atoms in total. The van der Waals surface area contributed by atoms with Crippen molar-refractivity contribution in [3.8, 4) is 0 Å². The average Bonchev–Trinajstić information content (AvgIpc) is 2.30. The van der Waals surface area contributed by atoms with Crippen molar-refractivity contribution in [3.05, 3.63) is 10.6 Å². The summed E-state index contributed by atoms with van der Waals surface area (Å²) in [5.41, 5.74) is 0.333. The first kappa shape index (κ1) is 11.8. The molecular weight excluding hydrogens is 224 g/mol. The lowest BCUT2D eigenvalue weighted by atomic mass is 9.81. The van der Waals surface area contributed by atoms with Crippen molar-refractivity contribution in [2.45, 2.75) is 51.4 Å². The summed E-state index contributed by atoms with van der Waals surface area (Å²) in [7, 11) is 0. The van der Waals surface area contributed by atoms with Gasteiger partial charge in [-0.25, -0.2) is 0 Å². The molecule has 0 spiro atoms. The third kappa shape index (κ3) is 2.37. The van der Waals surface area contributed by atoms with Crippen molar-refractivity contribution >= 4 is 23.2 Å². The van der Waals surface area contributed by atoms with Gasteiger partial charge >= 0.3 is 0 Å². The Kier molecular flexibility index (Phi) is 3.80. The summed E-state index contributed by atoms with van der Waals surface area (Å²) >= 11 is 6.03. The number of carbonyl (C=O) groups is 2. The van der Waals surface area contributed by atoms with Crippen LogP contribution in [0.4, 0.5) is 0 Å². The maximum absolute atomic E-state index is 12.2. The SMILES string of the molecule is O=C1CCCC(Cl)=C1C(=O)C1CCCCC1. The van der Waals surface area contributed by atoms with E-state index in [9.17, 15) is 9.59 Å². The van der Waals surface area contributed by atoms with Crippen LogP contribution >= 0.6 is 11.6 Å². The Balaban J connectivity index is 2.16. The third-order valence-electron chi connectivity index (χ3n) is 3.57. The van der Waals surface area contributed by atoms with E-state index in [1.54, 1.807) is 0 Å². The van der Waals surface area contributed by atoms with Crippen LogP contribution in [0.5, 0.6) is 0 Å². The van der Waals surface area contributed by atoms with E-state index in [0.717, 1.165) is 32.1 Å². The van der Waals surface area contributed by atoms with Crippen LogP contribution < -0.4 is 0 Å². The van der Waals surface area contributed by atoms with Crippen LogP contribution in [0.15, 0.2) is 10.6 Å². The first-order chi connectivity index (χ1) is 7.70. The fourth-order valence-corrected chi connectivity index (χ4v) is 2.98. The molecule has 0 unspecified atom stereocenters. The molecule has 1 saturated carbocycles. The van der Waals surface area contributed by atoms with E-state index in [2.05, 4.69) is 0 Å². The lowest BCUT2D eigenvalue weighted by Gasteiger charge is -2.23. The summed E-state index contributed by atoms with van der Waals surface area (Å²) in [6.45, 7) is 0. The van der Waals surface area contributed by atoms with Crippen molar-refractivity contribution in [2.24, 2.45) is 5.92 Å². The van der Waals surface area contributed by atoms with E-state index in [-0.39, 0.29) is 17.5 Å². The van der Waals surface area contributed by atoms with Gasteiger partial charge in [-0.2, -0.15) is 0 Å². The van der Waals surface area contributed by atoms with Gasteiger partial charge in [0.15, 0.2) is 11.6 Å². The zero-order valence-corrected chi connectivity index (χ0v) is 10.2. The quantitative estimate of drug-likeness (QED) is 0.694. The Bertz CT molecular complexity index is 338. The van der Waals surface area contributed by atoms with Crippen molar-refractivity contribution in [2.75, 3.05) is 0 Å². The maximum atomic E-state index is 12.2. The highest BCUT2D eigenvalue weighted by molar-refractivity contribution is 6.37. The number of rotatable bonds is 2. The Morgan fingerprint density at radius 1 is 1.06 bits per heavy atom. The van der Waals surface area contributed by atoms with E-state index in [0.29, 0.717) is 23.4 Å². The van der Waals surface area contributed by atoms with Gasteiger partial charge < -0.3 is 0 Å². The lowest BCUT2D eigenvalue weighted by Crippen LogP contribution is -2.26. The highest BCUT2D eigenvalue weighted by Gasteiger charge is 2.31. The van der Waals surface area contributed by atoms with Crippen LogP contribution in [-0.2, 0) is 9.59 Å². The molecule has 3 heteroatoms. The molecule has 0 N–H and O–H groups in total. The Morgan fingerprint density at radius 2 is 1.75 bits per heavy atom. The molecule has 88 valence electrons. The summed E-state index contributed by atoms with van der Waals surface area (Å²) in [5.74, 6) is 0.0424. The van der Waals surface area contributed by atoms with Gasteiger partial charge in [0.05, 0.1) is 5.57 Å². The molecule has 0 heterocycles. The number of carbonyl (C=O) groups excluding carboxylic acids is 2. The van der Waals surface area contributed by atoms with Gasteiger partial charge in [-0.15, -0.1) is 0 Å². The predicted molar refractivity (Wildman–Crippen MR) is 63.3 cm³/mol. The molecule has 2 rings (SSSR count). The fourth-order valence-electron chi connectivity index (χ4n) is 2.65. The largest absolute Gasteiger partial charge is 0.294 e. The van der Waals surface area contributed by atoms with Crippen LogP contribution in [0.25, 0.3) is 0 Å². The first-order valence-corrected chi connectivity index (χ1v) is 6.54. The zero-order chi connectivity index (χ0) is 11.5. The van der Waals surface area contributed by atoms with E-state index < -0.39 is 0 Å². The Hall–Kier alpha value is -0.630. The summed E-state index contributed by atoms with van der Waals surface area (Å²) < 4.78 is 0. The number of Topliss-reactive ketones (excluding diaryl/α,β-unsaturated/α-hetero) is 2. The molecule has 0 aromatic carbocycles. The summed E-state index contributed by atoms with van der Waals surface area (Å²) in [6, 6.07) is 0. The minimum atomic E-state index is -0.0353. The van der Waals surface area contributed by atoms with Crippen LogP contribution in [-0.4, -0.2) is 11.6 Å². The van der Waals surface area contributed by atoms with Crippen molar-refractivity contribution in [3.63, 3.8) is 0 Å². The third-order valence-corrected chi connectivity index (χ3v) is 3.95. The van der Waals surface area contributed by atoms with Crippen LogP contribution in [0, 0.1) is 5.92 Å². The molecule has 0 aromatic rings. The predicted octanol–water partition coefficient (Wildman–Crippen LogP) is 3.38. The number of hydrogen-bond donors (Lipinski definition) is 0. The van der Waals surface area contributed by atoms with E-state index in [1.807, 2.05) is 0 Å². The zero-order valence-electron chi connectivity index (χ0n) is 9.43. The number of halogens is 1. The van der Waals surface area contributed by atoms with Gasteiger partial charge in [0.1, 0.15) is 0 Å². The molecule has 2 aliphatic rings. The fraction of sp³-hybridized carbons (Fsp3) is 0.692. The molecule has 0 aromatic heterocycles. The summed E-state index contributed by atoms with van der Waals surface area (Å²) in [6.07, 6.45) is 7.26. The van der Waals surface area contributed by atoms with Crippen molar-refractivity contribution in [1.29, 1.82) is 0 Å². The van der Waals surface area contributed by atoms with Gasteiger partial charge in [0.25, 0.3) is 0 Å². The first-order valence-electron chi connectivity index (χ1n) is 6.16. The van der Waals surface area contributed by atoms with Crippen LogP contribution in [0.3, 0.4) is 0 Å². The monoisotopic (exact) mass is 240 g/mol. The van der Waals surface area contributed by atoms with Gasteiger partial charge in [-0.1, -0.05) is 30.9 Å². The molecule has 0 radical (unpaired) electrons. The molecule has 2 aliphatic carbocycles. The Morgan fingerprint density at radius 3 is 2.38 bits per heavy atom. The number of hydrogen-bond acceptors (Lipinski definition) is 2. The second kappa shape index (κ2) is 5.13. The molecular formula is C13H17ClO2. The molecule has 16 heavy (non-hydrogen) atoms. The minimum Gasteiger partial charge on any atom is -0.294 e. The lowest BCUT2D eigenvalue weighted by molar-refractivity contribution is -0.124. The second-order valence-corrected chi connectivity index (χ2v) is 5.21. The van der Waals surface area contributed by atoms with E-state index in [1.165, 1.54) is 6.42 Å². The standard InChI is InChI=1S/C13H17ClO2/c14-10-7-4-8-11(15)12(10)13(16)9-5-2-1-3-6-9/h9H,1-8H2. The topological polar surface area (TPSA) is 34.1 Å². The number of allylic oxidation sites excluding steroid dienone is 2. The highest BCUT2D eigenvalue weighted by atomic mass is 35.5. The maximum Gasteiger partial charge on any atom is 0.170 e. The average molecular weight is 241 g/mol. The van der Waals surface area contributed by atoms with Crippen LogP contribution in [0.1, 0.15) is 51.4 Å². The molecule has 1 fully saturated rings. The molecule has 0 saturated heterocycles. The Labute approximate surface area is 101 Å². The van der Waals surface area contributed by atoms with E-state index >= 15 is 0 Å². The van der Waals surface area contributed by atoms with Gasteiger partial charge in [-0.05, 0) is 25.7 Å². The summed E-state index contributed by atoms with van der Waals surface area (Å²) in [4.78, 5) is 23.9. The molecule has 0 atom stereocenters. The van der Waals surface area contributed by atoms with Crippen molar-refractivity contribution in [1.82, 2.24) is 0 Å². The van der Waals surface area contributed by atoms with Gasteiger partial charge in [0.2, 0.25) is 0 Å². The normalized spacial score (nSPS) is 23.7. The van der Waals surface area contributed by atoms with Gasteiger partial charge in [-0.3, -0.25) is 9.59 Å². The second-order valence-electron chi connectivity index (χ2n) is 4.76. The highest BCUT2D eigenvalue weighted by Crippen LogP contribution is 2.32. The van der Waals surface area contributed by atoms with Gasteiger partial charge in [0, 0.05) is 17.4 Å². The van der Waals surface area contributed by atoms with E-state index in [4.69, 9.17) is 11.6 Å². The minimum absolute atomic E-state index is 0.0226. The summed E-state index contributed by atoms with van der Waals surface area (Å²) in [5, 5.41) is 0.506. The number of ketones is 2.